The van der Waals surface area contributed by atoms with Crippen LogP contribution in [0.4, 0.5) is 18.9 Å². The number of rotatable bonds is 9. The minimum Gasteiger partial charge on any atom is -0.476 e. The van der Waals surface area contributed by atoms with Gasteiger partial charge in [-0.3, -0.25) is 0 Å². The van der Waals surface area contributed by atoms with E-state index in [0.29, 0.717) is 35.1 Å². The fraction of sp³-hybridized carbons (Fsp3) is 0.345. The smallest absolute Gasteiger partial charge is 0.355 e. The van der Waals surface area contributed by atoms with E-state index in [1.165, 1.54) is 28.8 Å². The molecule has 1 atom stereocenters. The number of carbonyl (C=O) groups is 1. The average molecular weight is 616 g/mol. The number of anilines is 1. The number of thiazole rings is 1. The Morgan fingerprint density at radius 1 is 1.17 bits per heavy atom. The van der Waals surface area contributed by atoms with Gasteiger partial charge in [0, 0.05) is 54.5 Å². The van der Waals surface area contributed by atoms with Crippen LogP contribution in [0.3, 0.4) is 0 Å². The molecule has 42 heavy (non-hydrogen) atoms. The predicted octanol–water partition coefficient (Wildman–Crippen LogP) is 5.59. The number of nitrogens with zero attached hydrogens (tertiary/aromatic N) is 4. The Kier molecular flexibility index (Phi) is 7.66. The van der Waals surface area contributed by atoms with Crippen LogP contribution in [0.15, 0.2) is 52.7 Å². The first-order valence-corrected chi connectivity index (χ1v) is 15.6. The lowest BCUT2D eigenvalue weighted by molar-refractivity contribution is -0.0220. The third-order valence-electron chi connectivity index (χ3n) is 7.73. The number of benzene rings is 2. The summed E-state index contributed by atoms with van der Waals surface area (Å²) < 4.78 is 55.9. The number of piperidine rings is 1. The van der Waals surface area contributed by atoms with Crippen molar-refractivity contribution in [3.05, 3.63) is 76.2 Å². The number of alkyl halides is 2. The number of aromatic carboxylic acids is 1. The van der Waals surface area contributed by atoms with Crippen molar-refractivity contribution in [3.8, 4) is 16.4 Å². The van der Waals surface area contributed by atoms with E-state index in [0.717, 1.165) is 35.3 Å². The largest absolute Gasteiger partial charge is 0.476 e. The van der Waals surface area contributed by atoms with Crippen molar-refractivity contribution in [2.24, 2.45) is 11.1 Å². The zero-order valence-corrected chi connectivity index (χ0v) is 24.1. The fourth-order valence-corrected chi connectivity index (χ4v) is 6.52. The van der Waals surface area contributed by atoms with Gasteiger partial charge in [0.05, 0.1) is 16.3 Å². The molecule has 0 radical (unpaired) electrons. The maximum Gasteiger partial charge on any atom is 0.355 e. The number of carboxylic acids is 1. The first kappa shape index (κ1) is 28.6. The topological polar surface area (TPSA) is 114 Å². The molecule has 0 amide bonds. The highest BCUT2D eigenvalue weighted by molar-refractivity contribution is 7.82. The number of hydrogen-bond acceptors (Lipinski definition) is 6. The van der Waals surface area contributed by atoms with Gasteiger partial charge in [-0.05, 0) is 55.0 Å². The van der Waals surface area contributed by atoms with Gasteiger partial charge in [-0.1, -0.05) is 18.2 Å². The molecule has 3 heterocycles. The van der Waals surface area contributed by atoms with Crippen LogP contribution in [0.25, 0.3) is 16.4 Å². The highest BCUT2D eigenvalue weighted by Gasteiger charge is 2.34. The molecule has 1 aliphatic carbocycles. The molecule has 2 aromatic heterocycles. The normalized spacial score (nSPS) is 17.4. The van der Waals surface area contributed by atoms with E-state index in [1.807, 2.05) is 29.2 Å². The average Bonchev–Trinajstić information content (AvgIpc) is 3.50. The van der Waals surface area contributed by atoms with Gasteiger partial charge >= 0.3 is 5.97 Å². The lowest BCUT2D eigenvalue weighted by atomic mass is 9.96. The third-order valence-corrected chi connectivity index (χ3v) is 9.32. The second-order valence-electron chi connectivity index (χ2n) is 10.8. The fourth-order valence-electron chi connectivity index (χ4n) is 5.29. The second-order valence-corrected chi connectivity index (χ2v) is 12.7. The highest BCUT2D eigenvalue weighted by Crippen LogP contribution is 2.39. The van der Waals surface area contributed by atoms with Crippen molar-refractivity contribution in [2.45, 2.75) is 49.3 Å². The molecule has 1 unspecified atom stereocenters. The second kappa shape index (κ2) is 11.3. The van der Waals surface area contributed by atoms with Gasteiger partial charge in [-0.15, -0.1) is 11.3 Å². The van der Waals surface area contributed by atoms with Gasteiger partial charge in [-0.2, -0.15) is 5.10 Å². The maximum absolute atomic E-state index is 14.8. The first-order chi connectivity index (χ1) is 20.1. The quantitative estimate of drug-likeness (QED) is 0.254. The van der Waals surface area contributed by atoms with Crippen molar-refractivity contribution in [1.29, 1.82) is 0 Å². The summed E-state index contributed by atoms with van der Waals surface area (Å²) in [5.41, 5.74) is 4.41. The number of carboxylic acid groups (broad SMARTS) is 1. The molecule has 3 N–H and O–H groups in total. The number of halogens is 3. The summed E-state index contributed by atoms with van der Waals surface area (Å²) in [7, 11) is -1.96. The molecule has 6 rings (SSSR count). The Morgan fingerprint density at radius 2 is 1.93 bits per heavy atom. The van der Waals surface area contributed by atoms with Gasteiger partial charge in [-0.25, -0.2) is 37.0 Å². The summed E-state index contributed by atoms with van der Waals surface area (Å²) in [6.07, 6.45) is 2.65. The van der Waals surface area contributed by atoms with E-state index in [2.05, 4.69) is 4.98 Å². The molecule has 8 nitrogen and oxygen atoms in total. The molecule has 4 aromatic rings. The zero-order valence-electron chi connectivity index (χ0n) is 22.4. The Labute approximate surface area is 246 Å². The van der Waals surface area contributed by atoms with Gasteiger partial charge < -0.3 is 10.0 Å². The van der Waals surface area contributed by atoms with Crippen LogP contribution in [-0.2, 0) is 23.8 Å². The van der Waals surface area contributed by atoms with Gasteiger partial charge in [0.1, 0.15) is 16.8 Å². The maximum atomic E-state index is 14.8. The van der Waals surface area contributed by atoms with E-state index < -0.39 is 28.7 Å². The van der Waals surface area contributed by atoms with Crippen molar-refractivity contribution < 1.29 is 27.3 Å². The van der Waals surface area contributed by atoms with Crippen LogP contribution in [0, 0.1) is 11.7 Å². The number of aromatic nitrogens is 3. The van der Waals surface area contributed by atoms with Gasteiger partial charge in [0.15, 0.2) is 5.69 Å². The van der Waals surface area contributed by atoms with E-state index in [-0.39, 0.29) is 36.5 Å². The van der Waals surface area contributed by atoms with Crippen LogP contribution in [-0.4, -0.2) is 49.1 Å². The summed E-state index contributed by atoms with van der Waals surface area (Å²) in [4.78, 5) is 17.7. The summed E-state index contributed by atoms with van der Waals surface area (Å²) in [6.45, 7) is 0.464. The van der Waals surface area contributed by atoms with E-state index in [1.54, 1.807) is 10.7 Å². The molecule has 2 aromatic carbocycles. The van der Waals surface area contributed by atoms with Crippen molar-refractivity contribution in [3.63, 3.8) is 0 Å². The standard InChI is InChI=1S/C29H28F3N5O3S2/c30-22-13-18(6-7-25(22)42(33)40)12-21-24(14-17-4-5-17)37(28-34-23(16-41-28)27(38)39)35-26(21)19-2-1-3-20(15-19)36-10-8-29(31,32)9-11-36/h1-3,6-7,13,15-17H,4-5,8-12,14,33H2,(H,38,39). The lowest BCUT2D eigenvalue weighted by Crippen LogP contribution is -2.39. The van der Waals surface area contributed by atoms with E-state index >= 15 is 0 Å². The predicted molar refractivity (Wildman–Crippen MR) is 154 cm³/mol. The van der Waals surface area contributed by atoms with Crippen LogP contribution >= 0.6 is 11.3 Å². The molecule has 0 bridgehead atoms. The lowest BCUT2D eigenvalue weighted by Gasteiger charge is -2.33. The van der Waals surface area contributed by atoms with E-state index in [4.69, 9.17) is 10.2 Å². The zero-order chi connectivity index (χ0) is 29.6. The van der Waals surface area contributed by atoms with Crippen LogP contribution in [0.5, 0.6) is 0 Å². The molecular formula is C29H28F3N5O3S2. The van der Waals surface area contributed by atoms with Crippen LogP contribution < -0.4 is 10.0 Å². The van der Waals surface area contributed by atoms with Gasteiger partial charge in [0.25, 0.3) is 5.92 Å². The minimum absolute atomic E-state index is 0.0812. The molecular weight excluding hydrogens is 587 g/mol. The van der Waals surface area contributed by atoms with Crippen LogP contribution in [0.2, 0.25) is 0 Å². The Morgan fingerprint density at radius 3 is 2.57 bits per heavy atom. The van der Waals surface area contributed by atoms with Gasteiger partial charge in [0.2, 0.25) is 5.13 Å². The number of hydrogen-bond donors (Lipinski definition) is 2. The highest BCUT2D eigenvalue weighted by atomic mass is 32.2. The molecule has 2 fully saturated rings. The molecule has 13 heteroatoms. The molecule has 1 aliphatic heterocycles. The van der Waals surface area contributed by atoms with Crippen molar-refractivity contribution in [1.82, 2.24) is 14.8 Å². The molecule has 2 aliphatic rings. The third kappa shape index (κ3) is 5.99. The molecule has 1 saturated carbocycles. The molecule has 0 spiro atoms. The summed E-state index contributed by atoms with van der Waals surface area (Å²) >= 11 is 1.17. The monoisotopic (exact) mass is 615 g/mol. The van der Waals surface area contributed by atoms with E-state index in [9.17, 15) is 27.3 Å². The van der Waals surface area contributed by atoms with Crippen molar-refractivity contribution in [2.75, 3.05) is 18.0 Å². The summed E-state index contributed by atoms with van der Waals surface area (Å²) in [6, 6.07) is 12.0. The Hall–Kier alpha value is -3.55. The van der Waals surface area contributed by atoms with Crippen LogP contribution in [0.1, 0.15) is 53.0 Å². The first-order valence-electron chi connectivity index (χ1n) is 13.6. The SMILES string of the molecule is NS(=O)c1ccc(Cc2c(-c3cccc(N4CCC(F)(F)CC4)c3)nn(-c3nc(C(=O)O)cs3)c2CC2CC2)cc1F. The Balaban J connectivity index is 1.46. The van der Waals surface area contributed by atoms with Crippen molar-refractivity contribution >= 4 is 34.0 Å². The molecule has 1 saturated heterocycles. The number of nitrogens with two attached hydrogens (primary N) is 1. The summed E-state index contributed by atoms with van der Waals surface area (Å²) in [5, 5.41) is 21.7. The minimum atomic E-state index is -2.67. The Bertz CT molecular complexity index is 1670. The molecule has 220 valence electrons. The summed E-state index contributed by atoms with van der Waals surface area (Å²) in [5.74, 6) is -4.03.